The Morgan fingerprint density at radius 2 is 1.94 bits per heavy atom. The maximum atomic E-state index is 6.20. The lowest BCUT2D eigenvalue weighted by Crippen LogP contribution is -1.88. The summed E-state index contributed by atoms with van der Waals surface area (Å²) in [4.78, 5) is 8.76. The lowest BCUT2D eigenvalue weighted by atomic mass is 10.1. The van der Waals surface area contributed by atoms with Gasteiger partial charge in [-0.2, -0.15) is 0 Å². The number of aromatic nitrogens is 2. The molecule has 1 aromatic carbocycles. The summed E-state index contributed by atoms with van der Waals surface area (Å²) in [5, 5.41) is 1.38. The summed E-state index contributed by atoms with van der Waals surface area (Å²) >= 11 is 6.20. The molecule has 0 amide bonds. The largest absolute Gasteiger partial charge is 0.256 e. The molecule has 3 heteroatoms. The quantitative estimate of drug-likeness (QED) is 0.607. The van der Waals surface area contributed by atoms with E-state index in [1.807, 2.05) is 30.3 Å². The molecule has 0 aliphatic heterocycles. The number of nitrogens with zero attached hydrogens (tertiary/aromatic N) is 2. The van der Waals surface area contributed by atoms with Crippen molar-refractivity contribution in [3.63, 3.8) is 0 Å². The Labute approximate surface area is 110 Å². The van der Waals surface area contributed by atoms with Gasteiger partial charge in [0.25, 0.3) is 0 Å². The van der Waals surface area contributed by atoms with Crippen LogP contribution >= 0.6 is 11.6 Å². The highest BCUT2D eigenvalue weighted by molar-refractivity contribution is 6.34. The monoisotopic (exact) mass is 254 g/mol. The van der Waals surface area contributed by atoms with Crippen LogP contribution in [0.15, 0.2) is 48.7 Å². The van der Waals surface area contributed by atoms with Crippen LogP contribution in [0.5, 0.6) is 0 Å². The third kappa shape index (κ3) is 1.95. The minimum atomic E-state index is 0.497. The molecule has 0 saturated heterocycles. The zero-order valence-electron chi connectivity index (χ0n) is 9.89. The lowest BCUT2D eigenvalue weighted by molar-refractivity contribution is 1.31. The van der Waals surface area contributed by atoms with Gasteiger partial charge in [0.15, 0.2) is 0 Å². The van der Waals surface area contributed by atoms with E-state index in [1.165, 1.54) is 5.56 Å². The Balaban J connectivity index is 2.24. The SMILES string of the molecule is Cc1cccc(-c2cc3ncccc3c(Cl)n2)c1. The van der Waals surface area contributed by atoms with E-state index in [4.69, 9.17) is 11.6 Å². The van der Waals surface area contributed by atoms with Crippen molar-refractivity contribution in [2.45, 2.75) is 6.92 Å². The van der Waals surface area contributed by atoms with Crippen LogP contribution in [0, 0.1) is 6.92 Å². The van der Waals surface area contributed by atoms with E-state index in [-0.39, 0.29) is 0 Å². The average Bonchev–Trinajstić information content (AvgIpc) is 2.39. The van der Waals surface area contributed by atoms with E-state index >= 15 is 0 Å². The summed E-state index contributed by atoms with van der Waals surface area (Å²) in [6.45, 7) is 2.06. The second-order valence-electron chi connectivity index (χ2n) is 4.24. The van der Waals surface area contributed by atoms with Crippen LogP contribution in [0.25, 0.3) is 22.2 Å². The molecule has 2 nitrogen and oxygen atoms in total. The molecule has 18 heavy (non-hydrogen) atoms. The molecular weight excluding hydrogens is 244 g/mol. The average molecular weight is 255 g/mol. The van der Waals surface area contributed by atoms with E-state index < -0.39 is 0 Å². The molecule has 0 unspecified atom stereocenters. The fourth-order valence-corrected chi connectivity index (χ4v) is 2.24. The lowest BCUT2D eigenvalue weighted by Gasteiger charge is -2.05. The maximum absolute atomic E-state index is 6.20. The fourth-order valence-electron chi connectivity index (χ4n) is 1.99. The number of hydrogen-bond donors (Lipinski definition) is 0. The summed E-state index contributed by atoms with van der Waals surface area (Å²) < 4.78 is 0. The van der Waals surface area contributed by atoms with Crippen LogP contribution < -0.4 is 0 Å². The van der Waals surface area contributed by atoms with Crippen molar-refractivity contribution >= 4 is 22.5 Å². The van der Waals surface area contributed by atoms with Crippen LogP contribution in [0.4, 0.5) is 0 Å². The van der Waals surface area contributed by atoms with Gasteiger partial charge in [-0.25, -0.2) is 4.98 Å². The van der Waals surface area contributed by atoms with Crippen LogP contribution in [0.3, 0.4) is 0 Å². The van der Waals surface area contributed by atoms with Crippen molar-refractivity contribution in [3.8, 4) is 11.3 Å². The first-order chi connectivity index (χ1) is 8.74. The van der Waals surface area contributed by atoms with E-state index in [0.717, 1.165) is 22.2 Å². The molecule has 0 aliphatic rings. The van der Waals surface area contributed by atoms with Gasteiger partial charge >= 0.3 is 0 Å². The molecule has 2 aromatic heterocycles. The molecule has 0 bridgehead atoms. The summed E-state index contributed by atoms with van der Waals surface area (Å²) in [5.74, 6) is 0. The molecule has 0 radical (unpaired) electrons. The molecule has 3 rings (SSSR count). The fraction of sp³-hybridized carbons (Fsp3) is 0.0667. The Bertz CT molecular complexity index is 723. The highest BCUT2D eigenvalue weighted by Crippen LogP contribution is 2.26. The smallest absolute Gasteiger partial charge is 0.139 e. The Kier molecular flexibility index (Phi) is 2.73. The van der Waals surface area contributed by atoms with Crippen molar-refractivity contribution in [2.24, 2.45) is 0 Å². The first kappa shape index (κ1) is 11.2. The Morgan fingerprint density at radius 3 is 2.78 bits per heavy atom. The number of pyridine rings is 2. The predicted molar refractivity (Wildman–Crippen MR) is 74.7 cm³/mol. The van der Waals surface area contributed by atoms with E-state index in [1.54, 1.807) is 6.20 Å². The van der Waals surface area contributed by atoms with Gasteiger partial charge in [0.05, 0.1) is 11.2 Å². The number of hydrogen-bond acceptors (Lipinski definition) is 2. The third-order valence-electron chi connectivity index (χ3n) is 2.87. The van der Waals surface area contributed by atoms with Crippen LogP contribution in [-0.4, -0.2) is 9.97 Å². The molecule has 88 valence electrons. The second kappa shape index (κ2) is 4.39. The summed E-state index contributed by atoms with van der Waals surface area (Å²) in [6, 6.07) is 14.0. The van der Waals surface area contributed by atoms with Crippen molar-refractivity contribution < 1.29 is 0 Å². The number of benzene rings is 1. The highest BCUT2D eigenvalue weighted by Gasteiger charge is 2.06. The molecule has 0 spiro atoms. The van der Waals surface area contributed by atoms with Gasteiger partial charge in [-0.3, -0.25) is 4.98 Å². The van der Waals surface area contributed by atoms with Crippen molar-refractivity contribution in [2.75, 3.05) is 0 Å². The van der Waals surface area contributed by atoms with E-state index in [2.05, 4.69) is 29.0 Å². The molecule has 0 saturated carbocycles. The van der Waals surface area contributed by atoms with Crippen molar-refractivity contribution in [1.29, 1.82) is 0 Å². The zero-order valence-corrected chi connectivity index (χ0v) is 10.6. The van der Waals surface area contributed by atoms with Gasteiger partial charge in [-0.15, -0.1) is 0 Å². The van der Waals surface area contributed by atoms with Gasteiger partial charge in [0.1, 0.15) is 5.15 Å². The van der Waals surface area contributed by atoms with Gasteiger partial charge in [0, 0.05) is 17.1 Å². The molecule has 0 N–H and O–H groups in total. The minimum absolute atomic E-state index is 0.497. The highest BCUT2D eigenvalue weighted by atomic mass is 35.5. The molecule has 0 aliphatic carbocycles. The summed E-state index contributed by atoms with van der Waals surface area (Å²) in [6.07, 6.45) is 1.76. The Hall–Kier alpha value is -1.93. The van der Waals surface area contributed by atoms with Crippen molar-refractivity contribution in [3.05, 3.63) is 59.4 Å². The van der Waals surface area contributed by atoms with E-state index in [9.17, 15) is 0 Å². The maximum Gasteiger partial charge on any atom is 0.139 e. The zero-order chi connectivity index (χ0) is 12.5. The number of aryl methyl sites for hydroxylation is 1. The summed E-state index contributed by atoms with van der Waals surface area (Å²) in [5.41, 5.74) is 3.99. The first-order valence-electron chi connectivity index (χ1n) is 5.72. The summed E-state index contributed by atoms with van der Waals surface area (Å²) in [7, 11) is 0. The Morgan fingerprint density at radius 1 is 1.06 bits per heavy atom. The van der Waals surface area contributed by atoms with Crippen molar-refractivity contribution in [1.82, 2.24) is 9.97 Å². The normalized spacial score (nSPS) is 10.8. The van der Waals surface area contributed by atoms with Gasteiger partial charge in [-0.05, 0) is 31.2 Å². The second-order valence-corrected chi connectivity index (χ2v) is 4.60. The number of fused-ring (bicyclic) bond motifs is 1. The molecule has 2 heterocycles. The van der Waals surface area contributed by atoms with Crippen LogP contribution in [0.1, 0.15) is 5.56 Å². The van der Waals surface area contributed by atoms with E-state index in [0.29, 0.717) is 5.15 Å². The topological polar surface area (TPSA) is 25.8 Å². The first-order valence-corrected chi connectivity index (χ1v) is 6.10. The third-order valence-corrected chi connectivity index (χ3v) is 3.15. The van der Waals surface area contributed by atoms with Gasteiger partial charge < -0.3 is 0 Å². The van der Waals surface area contributed by atoms with Crippen LogP contribution in [0.2, 0.25) is 5.15 Å². The van der Waals surface area contributed by atoms with Gasteiger partial charge in [0.2, 0.25) is 0 Å². The van der Waals surface area contributed by atoms with Gasteiger partial charge in [-0.1, -0.05) is 35.4 Å². The molecule has 0 atom stereocenters. The molecule has 3 aromatic rings. The van der Waals surface area contributed by atoms with Crippen LogP contribution in [-0.2, 0) is 0 Å². The predicted octanol–water partition coefficient (Wildman–Crippen LogP) is 4.26. The minimum Gasteiger partial charge on any atom is -0.256 e. The molecule has 0 fully saturated rings. The number of halogens is 1. The number of rotatable bonds is 1. The standard InChI is InChI=1S/C15H11ClN2/c1-10-4-2-5-11(8-10)13-9-14-12(15(16)18-13)6-3-7-17-14/h2-9H,1H3. The molecular formula is C15H11ClN2.